The Labute approximate surface area is 74.4 Å². The zero-order valence-corrected chi connectivity index (χ0v) is 7.97. The average molecular weight is 170 g/mol. The molecule has 1 heterocycles. The minimum atomic E-state index is 0.596. The maximum atomic E-state index is 5.29. The van der Waals surface area contributed by atoms with Crippen molar-refractivity contribution in [1.29, 1.82) is 0 Å². The molecule has 1 aliphatic rings. The Kier molecular flexibility index (Phi) is 3.41. The molecule has 1 saturated heterocycles. The molecule has 70 valence electrons. The van der Waals surface area contributed by atoms with Gasteiger partial charge in [-0.05, 0) is 12.8 Å². The van der Waals surface area contributed by atoms with E-state index in [2.05, 4.69) is 23.8 Å². The van der Waals surface area contributed by atoms with Gasteiger partial charge in [0.05, 0.1) is 5.82 Å². The molecule has 1 aliphatic heterocycles. The second-order valence-corrected chi connectivity index (χ2v) is 3.15. The highest BCUT2D eigenvalue weighted by molar-refractivity contribution is 4.92. The van der Waals surface area contributed by atoms with Crippen LogP contribution in [0.2, 0.25) is 0 Å². The lowest BCUT2D eigenvalue weighted by atomic mass is 10.1. The molecule has 0 aliphatic carbocycles. The van der Waals surface area contributed by atoms with Crippen LogP contribution in [0.1, 0.15) is 12.8 Å². The van der Waals surface area contributed by atoms with Crippen molar-refractivity contribution in [1.82, 2.24) is 10.2 Å². The van der Waals surface area contributed by atoms with Gasteiger partial charge in [0.25, 0.3) is 0 Å². The minimum Gasteiger partial charge on any atom is -0.381 e. The predicted octanol–water partition coefficient (Wildman–Crippen LogP) is 0.788. The standard InChI is InChI=1S/C9H18N2O/c1-8(10-2)11(3)9-4-6-12-7-5-9/h9-10H,1,4-7H2,2-3H3. The van der Waals surface area contributed by atoms with Crippen LogP contribution in [0.4, 0.5) is 0 Å². The number of ether oxygens (including phenoxy) is 1. The first kappa shape index (κ1) is 9.39. The van der Waals surface area contributed by atoms with Gasteiger partial charge in [0.1, 0.15) is 0 Å². The van der Waals surface area contributed by atoms with E-state index in [0.29, 0.717) is 6.04 Å². The summed E-state index contributed by atoms with van der Waals surface area (Å²) in [5.41, 5.74) is 0. The van der Waals surface area contributed by atoms with E-state index >= 15 is 0 Å². The minimum absolute atomic E-state index is 0.596. The molecule has 1 rings (SSSR count). The Morgan fingerprint density at radius 1 is 1.50 bits per heavy atom. The van der Waals surface area contributed by atoms with Gasteiger partial charge in [-0.15, -0.1) is 0 Å². The molecule has 0 radical (unpaired) electrons. The molecule has 3 heteroatoms. The summed E-state index contributed by atoms with van der Waals surface area (Å²) in [6.07, 6.45) is 2.22. The number of nitrogens with one attached hydrogen (secondary N) is 1. The number of hydrogen-bond donors (Lipinski definition) is 1. The second-order valence-electron chi connectivity index (χ2n) is 3.15. The quantitative estimate of drug-likeness (QED) is 0.677. The monoisotopic (exact) mass is 170 g/mol. The summed E-state index contributed by atoms with van der Waals surface area (Å²) < 4.78 is 5.29. The maximum Gasteiger partial charge on any atom is 0.0936 e. The van der Waals surface area contributed by atoms with Crippen molar-refractivity contribution in [2.24, 2.45) is 0 Å². The second kappa shape index (κ2) is 4.36. The van der Waals surface area contributed by atoms with Crippen LogP contribution in [0.15, 0.2) is 12.4 Å². The first-order valence-electron chi connectivity index (χ1n) is 4.43. The first-order valence-corrected chi connectivity index (χ1v) is 4.43. The van der Waals surface area contributed by atoms with Gasteiger partial charge in [-0.3, -0.25) is 0 Å². The predicted molar refractivity (Wildman–Crippen MR) is 49.8 cm³/mol. The fourth-order valence-electron chi connectivity index (χ4n) is 1.47. The van der Waals surface area contributed by atoms with Crippen molar-refractivity contribution in [3.8, 4) is 0 Å². The molecule has 1 N–H and O–H groups in total. The van der Waals surface area contributed by atoms with Crippen molar-refractivity contribution in [2.45, 2.75) is 18.9 Å². The Morgan fingerprint density at radius 2 is 2.08 bits per heavy atom. The van der Waals surface area contributed by atoms with E-state index < -0.39 is 0 Å². The molecular formula is C9H18N2O. The largest absolute Gasteiger partial charge is 0.381 e. The van der Waals surface area contributed by atoms with Gasteiger partial charge < -0.3 is 15.0 Å². The third-order valence-electron chi connectivity index (χ3n) is 2.45. The van der Waals surface area contributed by atoms with Crippen LogP contribution >= 0.6 is 0 Å². The summed E-state index contributed by atoms with van der Waals surface area (Å²) in [5, 5.41) is 3.05. The summed E-state index contributed by atoms with van der Waals surface area (Å²) in [5.74, 6) is 0.988. The summed E-state index contributed by atoms with van der Waals surface area (Å²) in [6.45, 7) is 5.68. The highest BCUT2D eigenvalue weighted by Gasteiger charge is 2.18. The van der Waals surface area contributed by atoms with Crippen LogP contribution in [-0.2, 0) is 4.74 Å². The van der Waals surface area contributed by atoms with Gasteiger partial charge in [-0.1, -0.05) is 6.58 Å². The van der Waals surface area contributed by atoms with Crippen molar-refractivity contribution >= 4 is 0 Å². The number of hydrogen-bond acceptors (Lipinski definition) is 3. The first-order chi connectivity index (χ1) is 5.75. The molecule has 3 nitrogen and oxygen atoms in total. The van der Waals surface area contributed by atoms with Crippen LogP contribution < -0.4 is 5.32 Å². The van der Waals surface area contributed by atoms with Gasteiger partial charge in [0, 0.05) is 33.4 Å². The Hall–Kier alpha value is -0.700. The van der Waals surface area contributed by atoms with E-state index in [9.17, 15) is 0 Å². The summed E-state index contributed by atoms with van der Waals surface area (Å²) in [6, 6.07) is 0.596. The summed E-state index contributed by atoms with van der Waals surface area (Å²) in [4.78, 5) is 2.20. The molecule has 0 aromatic heterocycles. The number of nitrogens with zero attached hydrogens (tertiary/aromatic N) is 1. The van der Waals surface area contributed by atoms with E-state index in [-0.39, 0.29) is 0 Å². The van der Waals surface area contributed by atoms with Crippen LogP contribution in [-0.4, -0.2) is 38.3 Å². The molecule has 12 heavy (non-hydrogen) atoms. The van der Waals surface area contributed by atoms with Gasteiger partial charge in [0.2, 0.25) is 0 Å². The molecule has 0 spiro atoms. The van der Waals surface area contributed by atoms with E-state index in [0.717, 1.165) is 31.9 Å². The average Bonchev–Trinajstić information content (AvgIpc) is 2.17. The van der Waals surface area contributed by atoms with E-state index in [1.54, 1.807) is 0 Å². The lowest BCUT2D eigenvalue weighted by molar-refractivity contribution is 0.0512. The van der Waals surface area contributed by atoms with E-state index in [1.807, 2.05) is 7.05 Å². The van der Waals surface area contributed by atoms with E-state index in [4.69, 9.17) is 4.74 Å². The Morgan fingerprint density at radius 3 is 2.58 bits per heavy atom. The molecule has 0 aromatic carbocycles. The smallest absolute Gasteiger partial charge is 0.0936 e. The molecule has 0 aromatic rings. The van der Waals surface area contributed by atoms with Crippen molar-refractivity contribution in [3.05, 3.63) is 12.4 Å². The third-order valence-corrected chi connectivity index (χ3v) is 2.45. The van der Waals surface area contributed by atoms with Gasteiger partial charge in [-0.2, -0.15) is 0 Å². The van der Waals surface area contributed by atoms with E-state index in [1.165, 1.54) is 0 Å². The molecule has 0 atom stereocenters. The zero-order chi connectivity index (χ0) is 8.97. The normalized spacial score (nSPS) is 18.8. The fourth-order valence-corrected chi connectivity index (χ4v) is 1.47. The van der Waals surface area contributed by atoms with Crippen LogP contribution in [0.3, 0.4) is 0 Å². The molecule has 0 saturated carbocycles. The van der Waals surface area contributed by atoms with Gasteiger partial charge >= 0.3 is 0 Å². The highest BCUT2D eigenvalue weighted by Crippen LogP contribution is 2.14. The molecule has 0 bridgehead atoms. The van der Waals surface area contributed by atoms with Gasteiger partial charge in [0.15, 0.2) is 0 Å². The molecular weight excluding hydrogens is 152 g/mol. The molecule has 0 amide bonds. The summed E-state index contributed by atoms with van der Waals surface area (Å²) in [7, 11) is 3.98. The van der Waals surface area contributed by atoms with Crippen molar-refractivity contribution < 1.29 is 4.74 Å². The Balaban J connectivity index is 2.39. The van der Waals surface area contributed by atoms with Crippen molar-refractivity contribution in [2.75, 3.05) is 27.3 Å². The van der Waals surface area contributed by atoms with Crippen LogP contribution in [0.25, 0.3) is 0 Å². The summed E-state index contributed by atoms with van der Waals surface area (Å²) >= 11 is 0. The fraction of sp³-hybridized carbons (Fsp3) is 0.778. The van der Waals surface area contributed by atoms with Crippen molar-refractivity contribution in [3.63, 3.8) is 0 Å². The van der Waals surface area contributed by atoms with Crippen LogP contribution in [0, 0.1) is 0 Å². The topological polar surface area (TPSA) is 24.5 Å². The molecule has 0 unspecified atom stereocenters. The lowest BCUT2D eigenvalue weighted by Crippen LogP contribution is -2.38. The Bertz CT molecular complexity index is 153. The highest BCUT2D eigenvalue weighted by atomic mass is 16.5. The third kappa shape index (κ3) is 2.14. The van der Waals surface area contributed by atoms with Crippen LogP contribution in [0.5, 0.6) is 0 Å². The lowest BCUT2D eigenvalue weighted by Gasteiger charge is -2.33. The maximum absolute atomic E-state index is 5.29. The van der Waals surface area contributed by atoms with Gasteiger partial charge in [-0.25, -0.2) is 0 Å². The molecule has 1 fully saturated rings. The number of rotatable bonds is 3. The SMILES string of the molecule is C=C(NC)N(C)C1CCOCC1. The zero-order valence-electron chi connectivity index (χ0n) is 7.97.